The zero-order chi connectivity index (χ0) is 24.1. The molecule has 2 aliphatic carbocycles. The second-order valence-electron chi connectivity index (χ2n) is 11.0. The molecule has 5 nitrogen and oxygen atoms in total. The fourth-order valence-electron chi connectivity index (χ4n) is 6.48. The summed E-state index contributed by atoms with van der Waals surface area (Å²) in [6.07, 6.45) is 1.02. The van der Waals surface area contributed by atoms with Crippen LogP contribution in [-0.2, 0) is 25.4 Å². The van der Waals surface area contributed by atoms with Gasteiger partial charge in [-0.05, 0) is 49.8 Å². The van der Waals surface area contributed by atoms with Crippen molar-refractivity contribution in [1.29, 1.82) is 0 Å². The molecule has 34 heavy (non-hydrogen) atoms. The van der Waals surface area contributed by atoms with Crippen molar-refractivity contribution in [3.8, 4) is 5.75 Å². The molecule has 182 valence electrons. The highest BCUT2D eigenvalue weighted by atomic mass is 16.8. The van der Waals surface area contributed by atoms with E-state index in [-0.39, 0.29) is 34.9 Å². The summed E-state index contributed by atoms with van der Waals surface area (Å²) in [5.74, 6) is -0.473. The number of carbonyl (C=O) groups is 1. The van der Waals surface area contributed by atoms with E-state index >= 15 is 0 Å². The molecule has 5 rings (SSSR count). The predicted molar refractivity (Wildman–Crippen MR) is 129 cm³/mol. The summed E-state index contributed by atoms with van der Waals surface area (Å²) in [6.45, 7) is 10.8. The highest BCUT2D eigenvalue weighted by molar-refractivity contribution is 5.76. The van der Waals surface area contributed by atoms with Gasteiger partial charge < -0.3 is 18.9 Å². The summed E-state index contributed by atoms with van der Waals surface area (Å²) in [5.41, 5.74) is 0.683. The Balaban J connectivity index is 1.45. The van der Waals surface area contributed by atoms with Crippen molar-refractivity contribution >= 4 is 5.97 Å². The van der Waals surface area contributed by atoms with Gasteiger partial charge in [0.05, 0.1) is 12.2 Å². The van der Waals surface area contributed by atoms with Gasteiger partial charge in [-0.15, -0.1) is 0 Å². The maximum Gasteiger partial charge on any atom is 0.348 e. The number of para-hydroxylation sites is 1. The Bertz CT molecular complexity index is 968. The van der Waals surface area contributed by atoms with Crippen LogP contribution in [0, 0.1) is 16.7 Å². The van der Waals surface area contributed by atoms with Gasteiger partial charge in [-0.1, -0.05) is 69.3 Å². The van der Waals surface area contributed by atoms with E-state index in [9.17, 15) is 4.79 Å². The molecule has 1 spiro atoms. The molecule has 2 saturated carbocycles. The van der Waals surface area contributed by atoms with E-state index in [0.717, 1.165) is 18.4 Å². The fraction of sp³-hybridized carbons (Fsp3) is 0.552. The van der Waals surface area contributed by atoms with Crippen LogP contribution in [0.5, 0.6) is 5.75 Å². The van der Waals surface area contributed by atoms with E-state index in [0.29, 0.717) is 12.2 Å². The summed E-state index contributed by atoms with van der Waals surface area (Å²) >= 11 is 0. The van der Waals surface area contributed by atoms with Gasteiger partial charge in [0, 0.05) is 17.8 Å². The largest absolute Gasteiger partial charge is 0.478 e. The van der Waals surface area contributed by atoms with Crippen LogP contribution in [0.2, 0.25) is 0 Å². The van der Waals surface area contributed by atoms with Crippen molar-refractivity contribution in [1.82, 2.24) is 0 Å². The van der Waals surface area contributed by atoms with Gasteiger partial charge >= 0.3 is 5.97 Å². The molecule has 0 N–H and O–H groups in total. The van der Waals surface area contributed by atoms with E-state index in [1.54, 1.807) is 0 Å². The summed E-state index contributed by atoms with van der Waals surface area (Å²) in [4.78, 5) is 13.8. The molecule has 3 fully saturated rings. The molecular weight excluding hydrogens is 428 g/mol. The first-order valence-electron chi connectivity index (χ1n) is 12.5. The predicted octanol–water partition coefficient (Wildman–Crippen LogP) is 5.56. The topological polar surface area (TPSA) is 54.0 Å². The third kappa shape index (κ3) is 3.56. The van der Waals surface area contributed by atoms with Crippen LogP contribution in [0.15, 0.2) is 60.7 Å². The Hall–Kier alpha value is -2.37. The molecule has 1 aliphatic heterocycles. The summed E-state index contributed by atoms with van der Waals surface area (Å²) < 4.78 is 25.7. The third-order valence-electron chi connectivity index (χ3n) is 8.91. The molecule has 3 aliphatic rings. The molecule has 0 amide bonds. The van der Waals surface area contributed by atoms with Crippen molar-refractivity contribution in [2.24, 2.45) is 16.7 Å². The molecule has 1 heterocycles. The van der Waals surface area contributed by atoms with E-state index in [1.165, 1.54) is 0 Å². The molecule has 2 aromatic rings. The van der Waals surface area contributed by atoms with E-state index in [4.69, 9.17) is 18.9 Å². The minimum atomic E-state index is -0.908. The Kier molecular flexibility index (Phi) is 5.77. The smallest absolute Gasteiger partial charge is 0.348 e. The first-order valence-corrected chi connectivity index (χ1v) is 12.5. The number of esters is 1. The lowest BCUT2D eigenvalue weighted by Crippen LogP contribution is -2.55. The Labute approximate surface area is 202 Å². The van der Waals surface area contributed by atoms with Crippen molar-refractivity contribution < 1.29 is 23.7 Å². The molecule has 0 radical (unpaired) electrons. The lowest BCUT2D eigenvalue weighted by molar-refractivity contribution is -0.272. The molecule has 0 aromatic heterocycles. The number of carbonyl (C=O) groups excluding carboxylic acids is 1. The normalized spacial score (nSPS) is 36.5. The van der Waals surface area contributed by atoms with Gasteiger partial charge in [0.1, 0.15) is 5.75 Å². The first kappa shape index (κ1) is 23.4. The zero-order valence-electron chi connectivity index (χ0n) is 20.8. The number of rotatable bonds is 6. The summed E-state index contributed by atoms with van der Waals surface area (Å²) in [5, 5.41) is 0. The van der Waals surface area contributed by atoms with E-state index in [1.807, 2.05) is 74.5 Å². The minimum absolute atomic E-state index is 0.0550. The molecule has 2 unspecified atom stereocenters. The Morgan fingerprint density at radius 1 is 0.971 bits per heavy atom. The van der Waals surface area contributed by atoms with Crippen LogP contribution >= 0.6 is 0 Å². The summed E-state index contributed by atoms with van der Waals surface area (Å²) in [7, 11) is 0. The standard InChI is InChI=1S/C29H36O5/c1-19-20(2)34-29(33-19)24-16-17-28(5,27(24,3)4)26(29)32-25(30)23(18-21-12-8-6-9-13-21)31-22-14-10-7-11-15-22/h6-15,19-20,23-24,26H,16-18H2,1-5H3/t19-,20+,23?,24-,26-,28-,29?/m0/s1. The Morgan fingerprint density at radius 3 is 2.18 bits per heavy atom. The first-order chi connectivity index (χ1) is 16.2. The highest BCUT2D eigenvalue weighted by Crippen LogP contribution is 2.72. The molecular formula is C29H36O5. The minimum Gasteiger partial charge on any atom is -0.478 e. The fourth-order valence-corrected chi connectivity index (χ4v) is 6.48. The highest BCUT2D eigenvalue weighted by Gasteiger charge is 2.78. The van der Waals surface area contributed by atoms with Crippen LogP contribution < -0.4 is 4.74 Å². The van der Waals surface area contributed by atoms with E-state index in [2.05, 4.69) is 20.8 Å². The second-order valence-corrected chi connectivity index (χ2v) is 11.0. The third-order valence-corrected chi connectivity index (χ3v) is 8.91. The molecule has 1 saturated heterocycles. The molecule has 2 bridgehead atoms. The summed E-state index contributed by atoms with van der Waals surface area (Å²) in [6, 6.07) is 19.4. The van der Waals surface area contributed by atoms with Crippen molar-refractivity contribution in [2.75, 3.05) is 0 Å². The number of hydrogen-bond donors (Lipinski definition) is 0. The van der Waals surface area contributed by atoms with Gasteiger partial charge in [-0.25, -0.2) is 4.79 Å². The monoisotopic (exact) mass is 464 g/mol. The number of fused-ring (bicyclic) bond motifs is 3. The van der Waals surface area contributed by atoms with E-state index < -0.39 is 18.0 Å². The number of ether oxygens (including phenoxy) is 4. The van der Waals surface area contributed by atoms with Gasteiger partial charge in [0.15, 0.2) is 12.2 Å². The average molecular weight is 465 g/mol. The lowest BCUT2D eigenvalue weighted by Gasteiger charge is -2.43. The van der Waals surface area contributed by atoms with Crippen molar-refractivity contribution in [3.05, 3.63) is 66.2 Å². The van der Waals surface area contributed by atoms with Crippen LogP contribution in [-0.4, -0.2) is 36.2 Å². The molecule has 5 heteroatoms. The van der Waals surface area contributed by atoms with Crippen molar-refractivity contribution in [2.45, 2.75) is 84.1 Å². The maximum absolute atomic E-state index is 13.8. The van der Waals surface area contributed by atoms with Crippen LogP contribution in [0.3, 0.4) is 0 Å². The van der Waals surface area contributed by atoms with Crippen LogP contribution in [0.4, 0.5) is 0 Å². The maximum atomic E-state index is 13.8. The quantitative estimate of drug-likeness (QED) is 0.524. The van der Waals surface area contributed by atoms with Gasteiger partial charge in [-0.3, -0.25) is 0 Å². The second kappa shape index (κ2) is 8.39. The molecule has 2 aromatic carbocycles. The lowest BCUT2D eigenvalue weighted by atomic mass is 9.70. The van der Waals surface area contributed by atoms with Crippen LogP contribution in [0.25, 0.3) is 0 Å². The van der Waals surface area contributed by atoms with Crippen LogP contribution in [0.1, 0.15) is 53.0 Å². The number of benzene rings is 2. The molecule has 7 atom stereocenters. The SMILES string of the molecule is C[C@@H]1OC2(O[C@@H]1C)[C@H]1CC[C@@](C)([C@@H]2OC(=O)C(Cc2ccccc2)Oc2ccccc2)C1(C)C. The van der Waals surface area contributed by atoms with Crippen molar-refractivity contribution in [3.63, 3.8) is 0 Å². The van der Waals surface area contributed by atoms with Gasteiger partial charge in [0.2, 0.25) is 5.79 Å². The number of hydrogen-bond acceptors (Lipinski definition) is 5. The zero-order valence-corrected chi connectivity index (χ0v) is 20.8. The average Bonchev–Trinajstić information content (AvgIpc) is 3.28. The Morgan fingerprint density at radius 2 is 1.56 bits per heavy atom. The van der Waals surface area contributed by atoms with Gasteiger partial charge in [-0.2, -0.15) is 0 Å². The van der Waals surface area contributed by atoms with Gasteiger partial charge in [0.25, 0.3) is 0 Å².